The Morgan fingerprint density at radius 1 is 1.37 bits per heavy atom. The van der Waals surface area contributed by atoms with Crippen molar-refractivity contribution in [2.75, 3.05) is 11.5 Å². The van der Waals surface area contributed by atoms with E-state index in [2.05, 4.69) is 0 Å². The highest BCUT2D eigenvalue weighted by atomic mass is 32.2. The van der Waals surface area contributed by atoms with E-state index in [-0.39, 0.29) is 17.4 Å². The topological polar surface area (TPSA) is 71.4 Å². The minimum absolute atomic E-state index is 0.0156. The third-order valence-electron chi connectivity index (χ3n) is 3.76. The second-order valence-electron chi connectivity index (χ2n) is 5.19. The van der Waals surface area contributed by atoms with Gasteiger partial charge in [-0.2, -0.15) is 0 Å². The standard InChI is InChI=1S/C14H18O4S/c1-10-5-2-3-7-12(10)13(14(15)16)11-6-4-8-19(17,18)9-11/h2-3,5,7,11,13H,4,6,8-9H2,1H3,(H,15,16). The summed E-state index contributed by atoms with van der Waals surface area (Å²) >= 11 is 0. The third kappa shape index (κ3) is 3.15. The number of hydrogen-bond donors (Lipinski definition) is 1. The van der Waals surface area contributed by atoms with Crippen LogP contribution in [-0.4, -0.2) is 31.0 Å². The van der Waals surface area contributed by atoms with Crippen molar-refractivity contribution in [2.45, 2.75) is 25.7 Å². The zero-order chi connectivity index (χ0) is 14.0. The molecule has 0 radical (unpaired) electrons. The highest BCUT2D eigenvalue weighted by Crippen LogP contribution is 2.34. The molecule has 19 heavy (non-hydrogen) atoms. The van der Waals surface area contributed by atoms with Crippen LogP contribution in [0, 0.1) is 12.8 Å². The quantitative estimate of drug-likeness (QED) is 0.920. The molecule has 4 nitrogen and oxygen atoms in total. The maximum Gasteiger partial charge on any atom is 0.311 e. The molecule has 0 aliphatic carbocycles. The van der Waals surface area contributed by atoms with Crippen molar-refractivity contribution in [1.29, 1.82) is 0 Å². The van der Waals surface area contributed by atoms with Gasteiger partial charge in [0.1, 0.15) is 0 Å². The molecule has 1 aromatic rings. The van der Waals surface area contributed by atoms with Gasteiger partial charge in [-0.05, 0) is 36.8 Å². The lowest BCUT2D eigenvalue weighted by molar-refractivity contribution is -0.140. The Kier molecular flexibility index (Phi) is 3.94. The number of aryl methyl sites for hydroxylation is 1. The molecule has 1 N–H and O–H groups in total. The first kappa shape index (κ1) is 14.1. The van der Waals surface area contributed by atoms with Crippen LogP contribution in [-0.2, 0) is 14.6 Å². The van der Waals surface area contributed by atoms with E-state index in [0.29, 0.717) is 12.8 Å². The van der Waals surface area contributed by atoms with Gasteiger partial charge in [0.2, 0.25) is 0 Å². The van der Waals surface area contributed by atoms with Crippen molar-refractivity contribution >= 4 is 15.8 Å². The Morgan fingerprint density at radius 3 is 2.63 bits per heavy atom. The third-order valence-corrected chi connectivity index (χ3v) is 5.61. The number of aliphatic carboxylic acids is 1. The van der Waals surface area contributed by atoms with Gasteiger partial charge in [0.25, 0.3) is 0 Å². The van der Waals surface area contributed by atoms with E-state index in [4.69, 9.17) is 0 Å². The molecule has 104 valence electrons. The van der Waals surface area contributed by atoms with E-state index in [1.54, 1.807) is 12.1 Å². The van der Waals surface area contributed by atoms with Crippen molar-refractivity contribution in [3.8, 4) is 0 Å². The minimum atomic E-state index is -3.09. The monoisotopic (exact) mass is 282 g/mol. The molecule has 0 bridgehead atoms. The fourth-order valence-corrected chi connectivity index (χ4v) is 4.63. The molecule has 0 saturated carbocycles. The average Bonchev–Trinajstić information content (AvgIpc) is 2.30. The first-order valence-electron chi connectivity index (χ1n) is 6.39. The molecule has 5 heteroatoms. The summed E-state index contributed by atoms with van der Waals surface area (Å²) in [5, 5.41) is 9.48. The van der Waals surface area contributed by atoms with Crippen LogP contribution < -0.4 is 0 Å². The van der Waals surface area contributed by atoms with E-state index in [1.807, 2.05) is 19.1 Å². The number of carboxylic acid groups (broad SMARTS) is 1. The van der Waals surface area contributed by atoms with Crippen LogP contribution in [0.2, 0.25) is 0 Å². The van der Waals surface area contributed by atoms with E-state index in [9.17, 15) is 18.3 Å². The summed E-state index contributed by atoms with van der Waals surface area (Å²) in [6, 6.07) is 7.31. The van der Waals surface area contributed by atoms with Gasteiger partial charge in [-0.1, -0.05) is 24.3 Å². The normalized spacial score (nSPS) is 23.7. The highest BCUT2D eigenvalue weighted by molar-refractivity contribution is 7.91. The molecule has 1 aliphatic heterocycles. The molecule has 0 amide bonds. The maximum absolute atomic E-state index is 11.7. The average molecular weight is 282 g/mol. The van der Waals surface area contributed by atoms with Crippen molar-refractivity contribution in [3.63, 3.8) is 0 Å². The maximum atomic E-state index is 11.7. The SMILES string of the molecule is Cc1ccccc1C(C(=O)O)C1CCCS(=O)(=O)C1. The molecule has 1 aromatic carbocycles. The molecule has 0 spiro atoms. The minimum Gasteiger partial charge on any atom is -0.481 e. The zero-order valence-electron chi connectivity index (χ0n) is 10.9. The van der Waals surface area contributed by atoms with E-state index in [1.165, 1.54) is 0 Å². The number of carboxylic acids is 1. The first-order valence-corrected chi connectivity index (χ1v) is 8.21. The molecule has 1 aliphatic rings. The Hall–Kier alpha value is -1.36. The summed E-state index contributed by atoms with van der Waals surface area (Å²) in [5.41, 5.74) is 1.63. The van der Waals surface area contributed by atoms with Gasteiger partial charge in [0.05, 0.1) is 17.4 Å². The lowest BCUT2D eigenvalue weighted by Crippen LogP contribution is -2.33. The summed E-state index contributed by atoms with van der Waals surface area (Å²) in [4.78, 5) is 11.6. The first-order chi connectivity index (χ1) is 8.91. The van der Waals surface area contributed by atoms with Crippen LogP contribution >= 0.6 is 0 Å². The molecule has 1 fully saturated rings. The van der Waals surface area contributed by atoms with E-state index in [0.717, 1.165) is 11.1 Å². The molecular weight excluding hydrogens is 264 g/mol. The summed E-state index contributed by atoms with van der Waals surface area (Å²) in [7, 11) is -3.09. The van der Waals surface area contributed by atoms with Gasteiger partial charge in [-0.3, -0.25) is 4.79 Å². The van der Waals surface area contributed by atoms with Gasteiger partial charge >= 0.3 is 5.97 Å². The highest BCUT2D eigenvalue weighted by Gasteiger charge is 2.36. The largest absolute Gasteiger partial charge is 0.481 e. The van der Waals surface area contributed by atoms with Crippen LogP contribution in [0.4, 0.5) is 0 Å². The smallest absolute Gasteiger partial charge is 0.311 e. The molecule has 1 saturated heterocycles. The van der Waals surface area contributed by atoms with Crippen molar-refractivity contribution < 1.29 is 18.3 Å². The zero-order valence-corrected chi connectivity index (χ0v) is 11.7. The van der Waals surface area contributed by atoms with Crippen LogP contribution in [0.15, 0.2) is 24.3 Å². The van der Waals surface area contributed by atoms with Gasteiger partial charge in [-0.15, -0.1) is 0 Å². The van der Waals surface area contributed by atoms with E-state index >= 15 is 0 Å². The van der Waals surface area contributed by atoms with Gasteiger partial charge in [-0.25, -0.2) is 8.42 Å². The fourth-order valence-electron chi connectivity index (χ4n) is 2.85. The number of sulfone groups is 1. The predicted octanol–water partition coefficient (Wildman–Crippen LogP) is 1.99. The number of benzene rings is 1. The summed E-state index contributed by atoms with van der Waals surface area (Å²) in [6.45, 7) is 1.86. The van der Waals surface area contributed by atoms with Crippen LogP contribution in [0.3, 0.4) is 0 Å². The second kappa shape index (κ2) is 5.33. The Labute approximate surface area is 113 Å². The van der Waals surface area contributed by atoms with Gasteiger partial charge in [0, 0.05) is 0 Å². The fraction of sp³-hybridized carbons (Fsp3) is 0.500. The number of rotatable bonds is 3. The molecule has 2 atom stereocenters. The Morgan fingerprint density at radius 2 is 2.05 bits per heavy atom. The van der Waals surface area contributed by atoms with E-state index < -0.39 is 21.7 Å². The summed E-state index contributed by atoms with van der Waals surface area (Å²) < 4.78 is 23.4. The molecule has 2 rings (SSSR count). The molecule has 1 heterocycles. The molecule has 0 aromatic heterocycles. The second-order valence-corrected chi connectivity index (χ2v) is 7.42. The Balaban J connectivity index is 2.36. The molecule has 2 unspecified atom stereocenters. The summed E-state index contributed by atoms with van der Waals surface area (Å²) in [5.74, 6) is -1.81. The number of carbonyl (C=O) groups is 1. The van der Waals surface area contributed by atoms with Gasteiger partial charge in [0.15, 0.2) is 9.84 Å². The Bertz CT molecular complexity index is 577. The van der Waals surface area contributed by atoms with Crippen molar-refractivity contribution in [1.82, 2.24) is 0 Å². The number of hydrogen-bond acceptors (Lipinski definition) is 3. The predicted molar refractivity (Wildman–Crippen MR) is 72.9 cm³/mol. The van der Waals surface area contributed by atoms with Crippen LogP contribution in [0.5, 0.6) is 0 Å². The van der Waals surface area contributed by atoms with Crippen molar-refractivity contribution in [3.05, 3.63) is 35.4 Å². The van der Waals surface area contributed by atoms with Crippen molar-refractivity contribution in [2.24, 2.45) is 5.92 Å². The lowest BCUT2D eigenvalue weighted by atomic mass is 9.82. The van der Waals surface area contributed by atoms with Gasteiger partial charge < -0.3 is 5.11 Å². The lowest BCUT2D eigenvalue weighted by Gasteiger charge is -2.28. The van der Waals surface area contributed by atoms with Crippen LogP contribution in [0.25, 0.3) is 0 Å². The molecular formula is C14H18O4S. The summed E-state index contributed by atoms with van der Waals surface area (Å²) in [6.07, 6.45) is 1.22. The van der Waals surface area contributed by atoms with Crippen LogP contribution in [0.1, 0.15) is 29.9 Å².